The van der Waals surface area contributed by atoms with Crippen molar-refractivity contribution in [1.29, 1.82) is 0 Å². The molecule has 2 N–H and O–H groups in total. The Hall–Kier alpha value is -0.650. The van der Waals surface area contributed by atoms with Gasteiger partial charge < -0.3 is 10.5 Å². The largest absolute Gasteiger partial charge is 0.373 e. The van der Waals surface area contributed by atoms with Crippen molar-refractivity contribution in [3.63, 3.8) is 0 Å². The molecule has 5 heteroatoms. The van der Waals surface area contributed by atoms with Gasteiger partial charge >= 0.3 is 0 Å². The number of primary amides is 1. The number of hydrogen-bond donors (Lipinski definition) is 1. The van der Waals surface area contributed by atoms with Gasteiger partial charge in [0.2, 0.25) is 5.91 Å². The molecule has 0 aromatic carbocycles. The van der Waals surface area contributed by atoms with Crippen LogP contribution in [0.3, 0.4) is 0 Å². The van der Waals surface area contributed by atoms with E-state index in [-0.39, 0.29) is 11.9 Å². The molecule has 1 amide bonds. The Morgan fingerprint density at radius 2 is 1.81 bits per heavy atom. The summed E-state index contributed by atoms with van der Waals surface area (Å²) < 4.78 is 5.79. The third-order valence-electron chi connectivity index (χ3n) is 4.82. The fourth-order valence-corrected chi connectivity index (χ4v) is 3.89. The number of piperidine rings is 1. The molecule has 3 unspecified atom stereocenters. The second-order valence-corrected chi connectivity index (χ2v) is 6.78. The highest BCUT2D eigenvalue weighted by Crippen LogP contribution is 2.22. The predicted octanol–water partition coefficient (Wildman–Crippen LogP) is 1.07. The van der Waals surface area contributed by atoms with E-state index in [1.165, 1.54) is 19.4 Å². The van der Waals surface area contributed by atoms with Crippen LogP contribution in [0.4, 0.5) is 0 Å². The lowest BCUT2D eigenvalue weighted by Crippen LogP contribution is -2.51. The predicted molar refractivity (Wildman–Crippen MR) is 84.0 cm³/mol. The summed E-state index contributed by atoms with van der Waals surface area (Å²) in [4.78, 5) is 16.3. The van der Waals surface area contributed by atoms with E-state index in [0.717, 1.165) is 38.5 Å². The minimum absolute atomic E-state index is 0.0746. The SMILES string of the molecule is CCC(C(N)=O)N1CCC(CN2CC(C)OC(C)C2)CC1. The van der Waals surface area contributed by atoms with Crippen molar-refractivity contribution in [2.75, 3.05) is 32.7 Å². The number of amides is 1. The third kappa shape index (κ3) is 4.66. The fourth-order valence-electron chi connectivity index (χ4n) is 3.89. The van der Waals surface area contributed by atoms with Crippen molar-refractivity contribution in [2.45, 2.75) is 58.3 Å². The van der Waals surface area contributed by atoms with E-state index < -0.39 is 0 Å². The Labute approximate surface area is 128 Å². The van der Waals surface area contributed by atoms with Crippen LogP contribution in [0, 0.1) is 5.92 Å². The van der Waals surface area contributed by atoms with Crippen LogP contribution in [-0.4, -0.2) is 66.7 Å². The molecule has 2 fully saturated rings. The molecule has 5 nitrogen and oxygen atoms in total. The van der Waals surface area contributed by atoms with Gasteiger partial charge in [-0.2, -0.15) is 0 Å². The van der Waals surface area contributed by atoms with Crippen LogP contribution in [-0.2, 0) is 9.53 Å². The second-order valence-electron chi connectivity index (χ2n) is 6.78. The number of likely N-dealkylation sites (tertiary alicyclic amines) is 1. The number of hydrogen-bond acceptors (Lipinski definition) is 4. The number of carbonyl (C=O) groups is 1. The van der Waals surface area contributed by atoms with Crippen molar-refractivity contribution < 1.29 is 9.53 Å². The highest BCUT2D eigenvalue weighted by atomic mass is 16.5. The Morgan fingerprint density at radius 1 is 1.24 bits per heavy atom. The van der Waals surface area contributed by atoms with Gasteiger partial charge in [0, 0.05) is 19.6 Å². The monoisotopic (exact) mass is 297 g/mol. The maximum atomic E-state index is 11.5. The van der Waals surface area contributed by atoms with Crippen molar-refractivity contribution in [3.05, 3.63) is 0 Å². The highest BCUT2D eigenvalue weighted by molar-refractivity contribution is 5.79. The first-order chi connectivity index (χ1) is 9.99. The van der Waals surface area contributed by atoms with E-state index in [1.807, 2.05) is 6.92 Å². The van der Waals surface area contributed by atoms with Gasteiger partial charge in [0.05, 0.1) is 18.2 Å². The Kier molecular flexibility index (Phi) is 6.02. The standard InChI is InChI=1S/C16H31N3O2/c1-4-15(16(17)20)19-7-5-14(6-8-19)11-18-9-12(2)21-13(3)10-18/h12-15H,4-11H2,1-3H3,(H2,17,20). The molecular formula is C16H31N3O2. The van der Waals surface area contributed by atoms with Crippen molar-refractivity contribution in [3.8, 4) is 0 Å². The van der Waals surface area contributed by atoms with Crippen LogP contribution in [0.2, 0.25) is 0 Å². The smallest absolute Gasteiger partial charge is 0.234 e. The van der Waals surface area contributed by atoms with Gasteiger partial charge in [-0.25, -0.2) is 0 Å². The molecule has 21 heavy (non-hydrogen) atoms. The van der Waals surface area contributed by atoms with Gasteiger partial charge in [-0.3, -0.25) is 14.6 Å². The zero-order valence-electron chi connectivity index (χ0n) is 13.8. The summed E-state index contributed by atoms with van der Waals surface area (Å²) >= 11 is 0. The summed E-state index contributed by atoms with van der Waals surface area (Å²) in [5.74, 6) is 0.566. The molecule has 0 saturated carbocycles. The van der Waals surface area contributed by atoms with E-state index >= 15 is 0 Å². The van der Waals surface area contributed by atoms with E-state index in [2.05, 4.69) is 23.6 Å². The minimum atomic E-state index is -0.174. The molecule has 0 bridgehead atoms. The topological polar surface area (TPSA) is 58.8 Å². The number of ether oxygens (including phenoxy) is 1. The minimum Gasteiger partial charge on any atom is -0.373 e. The Balaban J connectivity index is 1.77. The molecule has 0 radical (unpaired) electrons. The number of carbonyl (C=O) groups excluding carboxylic acids is 1. The lowest BCUT2D eigenvalue weighted by Gasteiger charge is -2.40. The number of rotatable bonds is 5. The fraction of sp³-hybridized carbons (Fsp3) is 0.938. The molecule has 2 saturated heterocycles. The van der Waals surface area contributed by atoms with E-state index in [9.17, 15) is 4.79 Å². The molecule has 2 aliphatic rings. The zero-order valence-corrected chi connectivity index (χ0v) is 13.8. The van der Waals surface area contributed by atoms with E-state index in [1.54, 1.807) is 0 Å². The molecule has 0 aliphatic carbocycles. The lowest BCUT2D eigenvalue weighted by atomic mass is 9.94. The first kappa shape index (κ1) is 16.7. The maximum Gasteiger partial charge on any atom is 0.234 e. The van der Waals surface area contributed by atoms with Crippen LogP contribution in [0.15, 0.2) is 0 Å². The lowest BCUT2D eigenvalue weighted by molar-refractivity contribution is -0.124. The van der Waals surface area contributed by atoms with Gasteiger partial charge in [-0.1, -0.05) is 6.92 Å². The molecule has 2 aliphatic heterocycles. The first-order valence-corrected chi connectivity index (χ1v) is 8.40. The summed E-state index contributed by atoms with van der Waals surface area (Å²) in [6.07, 6.45) is 3.84. The van der Waals surface area contributed by atoms with Crippen molar-refractivity contribution in [2.24, 2.45) is 11.7 Å². The molecule has 2 heterocycles. The molecule has 0 spiro atoms. The molecular weight excluding hydrogens is 266 g/mol. The maximum absolute atomic E-state index is 11.5. The van der Waals surface area contributed by atoms with Crippen LogP contribution in [0.5, 0.6) is 0 Å². The van der Waals surface area contributed by atoms with Crippen LogP contribution >= 0.6 is 0 Å². The molecule has 122 valence electrons. The number of nitrogens with zero attached hydrogens (tertiary/aromatic N) is 2. The van der Waals surface area contributed by atoms with Gasteiger partial charge in [-0.15, -0.1) is 0 Å². The summed E-state index contributed by atoms with van der Waals surface area (Å²) in [6, 6.07) is -0.0746. The van der Waals surface area contributed by atoms with Crippen LogP contribution in [0.1, 0.15) is 40.0 Å². The van der Waals surface area contributed by atoms with Crippen LogP contribution < -0.4 is 5.73 Å². The normalized spacial score (nSPS) is 31.2. The average Bonchev–Trinajstić information content (AvgIpc) is 2.40. The van der Waals surface area contributed by atoms with Crippen molar-refractivity contribution in [1.82, 2.24) is 9.80 Å². The summed E-state index contributed by atoms with van der Waals surface area (Å²) in [5, 5.41) is 0. The Morgan fingerprint density at radius 3 is 2.29 bits per heavy atom. The molecule has 0 aromatic heterocycles. The third-order valence-corrected chi connectivity index (χ3v) is 4.82. The van der Waals surface area contributed by atoms with Gasteiger partial charge in [0.25, 0.3) is 0 Å². The molecule has 0 aromatic rings. The number of nitrogens with two attached hydrogens (primary N) is 1. The van der Waals surface area contributed by atoms with E-state index in [4.69, 9.17) is 10.5 Å². The number of morpholine rings is 1. The van der Waals surface area contributed by atoms with Gasteiger partial charge in [0.15, 0.2) is 0 Å². The molecule has 3 atom stereocenters. The van der Waals surface area contributed by atoms with Gasteiger partial charge in [0.1, 0.15) is 0 Å². The quantitative estimate of drug-likeness (QED) is 0.825. The zero-order chi connectivity index (χ0) is 15.4. The summed E-state index contributed by atoms with van der Waals surface area (Å²) in [5.41, 5.74) is 5.49. The van der Waals surface area contributed by atoms with Crippen LogP contribution in [0.25, 0.3) is 0 Å². The van der Waals surface area contributed by atoms with Gasteiger partial charge in [-0.05, 0) is 52.1 Å². The summed E-state index contributed by atoms with van der Waals surface area (Å²) in [7, 11) is 0. The van der Waals surface area contributed by atoms with E-state index in [0.29, 0.717) is 12.2 Å². The second kappa shape index (κ2) is 7.56. The highest BCUT2D eigenvalue weighted by Gasteiger charge is 2.29. The van der Waals surface area contributed by atoms with Crippen molar-refractivity contribution >= 4 is 5.91 Å². The first-order valence-electron chi connectivity index (χ1n) is 8.40. The molecule has 2 rings (SSSR count). The average molecular weight is 297 g/mol. The Bertz CT molecular complexity index is 332. The summed E-state index contributed by atoms with van der Waals surface area (Å²) in [6.45, 7) is 11.6.